The van der Waals surface area contributed by atoms with Crippen molar-refractivity contribution in [2.24, 2.45) is 0 Å². The highest BCUT2D eigenvalue weighted by atomic mass is 35.5. The second kappa shape index (κ2) is 6.89. The molecular formula is C16H10Cl2FN3O. The molecule has 3 aromatic rings. The molecule has 116 valence electrons. The van der Waals surface area contributed by atoms with Crippen LogP contribution in [0, 0.1) is 5.82 Å². The number of nitrogens with zero attached hydrogens (tertiary/aromatic N) is 3. The minimum absolute atomic E-state index is 0.313. The standard InChI is InChI=1S/C16H10Cl2FN3O/c17-13-8-12(19)4-2-11(13)3-6-15-21-22-16(23-15)7-10-1-5-14(18)20-9-10/h1-6,8-9H,7H2/b6-3+. The van der Waals surface area contributed by atoms with E-state index in [2.05, 4.69) is 15.2 Å². The fraction of sp³-hybridized carbons (Fsp3) is 0.0625. The van der Waals surface area contributed by atoms with Gasteiger partial charge in [-0.3, -0.25) is 0 Å². The summed E-state index contributed by atoms with van der Waals surface area (Å²) in [6.07, 6.45) is 5.42. The fourth-order valence-corrected chi connectivity index (χ4v) is 2.23. The molecule has 0 unspecified atom stereocenters. The topological polar surface area (TPSA) is 51.8 Å². The van der Waals surface area contributed by atoms with Crippen LogP contribution >= 0.6 is 23.2 Å². The molecule has 0 aliphatic carbocycles. The summed E-state index contributed by atoms with van der Waals surface area (Å²) in [5, 5.41) is 8.63. The summed E-state index contributed by atoms with van der Waals surface area (Å²) in [4.78, 5) is 3.99. The predicted octanol–water partition coefficient (Wildman–Crippen LogP) is 4.67. The minimum atomic E-state index is -0.385. The number of benzene rings is 1. The molecule has 0 amide bonds. The predicted molar refractivity (Wildman–Crippen MR) is 86.7 cm³/mol. The molecule has 3 rings (SSSR count). The quantitative estimate of drug-likeness (QED) is 0.642. The van der Waals surface area contributed by atoms with Crippen molar-refractivity contribution in [3.8, 4) is 0 Å². The zero-order chi connectivity index (χ0) is 16.2. The lowest BCUT2D eigenvalue weighted by Crippen LogP contribution is -1.89. The highest BCUT2D eigenvalue weighted by molar-refractivity contribution is 6.32. The van der Waals surface area contributed by atoms with E-state index in [1.54, 1.807) is 30.5 Å². The Bertz CT molecular complexity index is 847. The van der Waals surface area contributed by atoms with Gasteiger partial charge in [0.2, 0.25) is 11.8 Å². The molecule has 0 aliphatic heterocycles. The lowest BCUT2D eigenvalue weighted by Gasteiger charge is -1.97. The number of hydrogen-bond acceptors (Lipinski definition) is 4. The third kappa shape index (κ3) is 4.15. The van der Waals surface area contributed by atoms with E-state index in [4.69, 9.17) is 27.6 Å². The van der Waals surface area contributed by atoms with E-state index in [0.717, 1.165) is 5.56 Å². The number of hydrogen-bond donors (Lipinski definition) is 0. The third-order valence-electron chi connectivity index (χ3n) is 2.99. The van der Waals surface area contributed by atoms with Gasteiger partial charge in [0.1, 0.15) is 11.0 Å². The molecule has 7 heteroatoms. The van der Waals surface area contributed by atoms with Gasteiger partial charge < -0.3 is 4.42 Å². The Morgan fingerprint density at radius 2 is 1.96 bits per heavy atom. The number of aromatic nitrogens is 3. The van der Waals surface area contributed by atoms with Crippen LogP contribution < -0.4 is 0 Å². The van der Waals surface area contributed by atoms with Gasteiger partial charge in [0.25, 0.3) is 0 Å². The van der Waals surface area contributed by atoms with Crippen LogP contribution in [0.5, 0.6) is 0 Å². The van der Waals surface area contributed by atoms with Crippen molar-refractivity contribution in [1.82, 2.24) is 15.2 Å². The molecule has 0 radical (unpaired) electrons. The molecule has 0 aliphatic rings. The van der Waals surface area contributed by atoms with Gasteiger partial charge in [-0.1, -0.05) is 35.3 Å². The van der Waals surface area contributed by atoms with E-state index in [-0.39, 0.29) is 5.82 Å². The van der Waals surface area contributed by atoms with Crippen molar-refractivity contribution < 1.29 is 8.81 Å². The first kappa shape index (κ1) is 15.6. The molecule has 0 saturated heterocycles. The van der Waals surface area contributed by atoms with Gasteiger partial charge >= 0.3 is 0 Å². The van der Waals surface area contributed by atoms with Crippen LogP contribution in [0.1, 0.15) is 22.9 Å². The van der Waals surface area contributed by atoms with Crippen molar-refractivity contribution in [2.75, 3.05) is 0 Å². The van der Waals surface area contributed by atoms with Crippen molar-refractivity contribution >= 4 is 35.4 Å². The van der Waals surface area contributed by atoms with E-state index in [9.17, 15) is 4.39 Å². The Morgan fingerprint density at radius 3 is 2.70 bits per heavy atom. The highest BCUT2D eigenvalue weighted by Crippen LogP contribution is 2.20. The van der Waals surface area contributed by atoms with Crippen LogP contribution in [0.4, 0.5) is 4.39 Å². The van der Waals surface area contributed by atoms with E-state index in [1.807, 2.05) is 6.07 Å². The Labute approximate surface area is 141 Å². The smallest absolute Gasteiger partial charge is 0.240 e. The SMILES string of the molecule is Fc1ccc(/C=C/c2nnc(Cc3ccc(Cl)nc3)o2)c(Cl)c1. The molecule has 4 nitrogen and oxygen atoms in total. The summed E-state index contributed by atoms with van der Waals surface area (Å²) in [6, 6.07) is 7.69. The maximum absolute atomic E-state index is 13.0. The van der Waals surface area contributed by atoms with E-state index < -0.39 is 0 Å². The lowest BCUT2D eigenvalue weighted by atomic mass is 10.2. The molecule has 0 spiro atoms. The second-order valence-electron chi connectivity index (χ2n) is 4.70. The Morgan fingerprint density at radius 1 is 1.09 bits per heavy atom. The molecule has 1 aromatic carbocycles. The normalized spacial score (nSPS) is 11.3. The largest absolute Gasteiger partial charge is 0.421 e. The summed E-state index contributed by atoms with van der Waals surface area (Å²) in [6.45, 7) is 0. The maximum atomic E-state index is 13.0. The van der Waals surface area contributed by atoms with Crippen molar-refractivity contribution in [2.45, 2.75) is 6.42 Å². The molecule has 0 fully saturated rings. The first-order chi connectivity index (χ1) is 11.1. The molecule has 2 aromatic heterocycles. The molecule has 2 heterocycles. The molecule has 0 saturated carbocycles. The van der Waals surface area contributed by atoms with E-state index in [0.29, 0.717) is 33.9 Å². The maximum Gasteiger partial charge on any atom is 0.240 e. The summed E-state index contributed by atoms with van der Waals surface area (Å²) < 4.78 is 18.5. The zero-order valence-corrected chi connectivity index (χ0v) is 13.2. The second-order valence-corrected chi connectivity index (χ2v) is 5.49. The Balaban J connectivity index is 1.71. The average Bonchev–Trinajstić information content (AvgIpc) is 2.96. The van der Waals surface area contributed by atoms with Crippen LogP contribution in [-0.2, 0) is 6.42 Å². The Kier molecular flexibility index (Phi) is 4.69. The Hall–Kier alpha value is -2.24. The average molecular weight is 350 g/mol. The lowest BCUT2D eigenvalue weighted by molar-refractivity contribution is 0.496. The van der Waals surface area contributed by atoms with Crippen molar-refractivity contribution in [3.63, 3.8) is 0 Å². The molecule has 0 bridgehead atoms. The minimum Gasteiger partial charge on any atom is -0.421 e. The summed E-state index contributed by atoms with van der Waals surface area (Å²) in [5.74, 6) is 0.407. The van der Waals surface area contributed by atoms with Gasteiger partial charge in [-0.2, -0.15) is 0 Å². The molecule has 0 N–H and O–H groups in total. The molecular weight excluding hydrogens is 340 g/mol. The van der Waals surface area contributed by atoms with E-state index in [1.165, 1.54) is 12.1 Å². The summed E-state index contributed by atoms with van der Waals surface area (Å²) in [7, 11) is 0. The van der Waals surface area contributed by atoms with Gasteiger partial charge in [-0.25, -0.2) is 9.37 Å². The fourth-order valence-electron chi connectivity index (χ4n) is 1.89. The van der Waals surface area contributed by atoms with Crippen molar-refractivity contribution in [3.05, 3.63) is 75.4 Å². The molecule has 0 atom stereocenters. The van der Waals surface area contributed by atoms with Gasteiger partial charge in [0, 0.05) is 12.3 Å². The number of pyridine rings is 1. The van der Waals surface area contributed by atoms with Crippen LogP contribution in [-0.4, -0.2) is 15.2 Å². The molecule has 23 heavy (non-hydrogen) atoms. The monoisotopic (exact) mass is 349 g/mol. The van der Waals surface area contributed by atoms with Gasteiger partial charge in [0.15, 0.2) is 0 Å². The van der Waals surface area contributed by atoms with Crippen LogP contribution in [0.25, 0.3) is 12.2 Å². The summed E-state index contributed by atoms with van der Waals surface area (Å²) >= 11 is 11.7. The number of halogens is 3. The van der Waals surface area contributed by atoms with Gasteiger partial charge in [-0.15, -0.1) is 10.2 Å². The van der Waals surface area contributed by atoms with Crippen LogP contribution in [0.2, 0.25) is 10.2 Å². The van der Waals surface area contributed by atoms with Gasteiger partial charge in [-0.05, 0) is 35.4 Å². The zero-order valence-electron chi connectivity index (χ0n) is 11.7. The number of rotatable bonds is 4. The highest BCUT2D eigenvalue weighted by Gasteiger charge is 2.06. The first-order valence-corrected chi connectivity index (χ1v) is 7.42. The third-order valence-corrected chi connectivity index (χ3v) is 3.55. The van der Waals surface area contributed by atoms with Crippen LogP contribution in [0.15, 0.2) is 40.9 Å². The first-order valence-electron chi connectivity index (χ1n) is 6.66. The van der Waals surface area contributed by atoms with Crippen LogP contribution in [0.3, 0.4) is 0 Å². The van der Waals surface area contributed by atoms with Gasteiger partial charge in [0.05, 0.1) is 11.4 Å². The van der Waals surface area contributed by atoms with Crippen molar-refractivity contribution in [1.29, 1.82) is 0 Å². The summed E-state index contributed by atoms with van der Waals surface area (Å²) in [5.41, 5.74) is 1.57. The van der Waals surface area contributed by atoms with E-state index >= 15 is 0 Å².